The summed E-state index contributed by atoms with van der Waals surface area (Å²) in [7, 11) is 0. The number of nitrogens with two attached hydrogens (primary N) is 1. The zero-order valence-corrected chi connectivity index (χ0v) is 10.0. The topological polar surface area (TPSA) is 63.3 Å². The number of carboxylic acid groups (broad SMARTS) is 1. The molecule has 0 aliphatic rings. The van der Waals surface area contributed by atoms with Crippen LogP contribution in [0.1, 0.15) is 12.5 Å². The van der Waals surface area contributed by atoms with E-state index in [1.165, 1.54) is 11.8 Å². The van der Waals surface area contributed by atoms with Gasteiger partial charge in [-0.05, 0) is 19.2 Å². The maximum atomic E-state index is 11.2. The molecule has 0 bridgehead atoms. The highest BCUT2D eigenvalue weighted by Crippen LogP contribution is 2.40. The number of rotatable bonds is 3. The van der Waals surface area contributed by atoms with E-state index in [4.69, 9.17) is 17.3 Å². The summed E-state index contributed by atoms with van der Waals surface area (Å²) >= 11 is 7.07. The normalized spacial score (nSPS) is 14.6. The molecule has 0 aliphatic carbocycles. The Morgan fingerprint density at radius 2 is 2.20 bits per heavy atom. The summed E-state index contributed by atoms with van der Waals surface area (Å²) in [4.78, 5) is 11.2. The fourth-order valence-corrected chi connectivity index (χ4v) is 2.01. The number of para-hydroxylation sites is 1. The van der Waals surface area contributed by atoms with Gasteiger partial charge in [-0.2, -0.15) is 0 Å². The maximum absolute atomic E-state index is 11.2. The van der Waals surface area contributed by atoms with Crippen LogP contribution in [0.2, 0.25) is 5.02 Å². The van der Waals surface area contributed by atoms with E-state index in [0.717, 1.165) is 0 Å². The van der Waals surface area contributed by atoms with Crippen molar-refractivity contribution in [2.24, 2.45) is 0 Å². The van der Waals surface area contributed by atoms with Gasteiger partial charge in [0.05, 0.1) is 10.7 Å². The van der Waals surface area contributed by atoms with Gasteiger partial charge in [-0.25, -0.2) is 0 Å². The van der Waals surface area contributed by atoms with Crippen molar-refractivity contribution in [3.05, 3.63) is 28.8 Å². The second-order valence-corrected chi connectivity index (χ2v) is 4.88. The minimum Gasteiger partial charge on any atom is -0.480 e. The van der Waals surface area contributed by atoms with Gasteiger partial charge >= 0.3 is 5.97 Å². The van der Waals surface area contributed by atoms with E-state index >= 15 is 0 Å². The largest absolute Gasteiger partial charge is 0.480 e. The first-order valence-corrected chi connectivity index (χ1v) is 5.86. The number of benzene rings is 1. The Hall–Kier alpha value is -0.870. The molecule has 0 radical (unpaired) electrons. The Balaban J connectivity index is 3.37. The molecule has 0 spiro atoms. The molecular weight excluding hydrogens is 234 g/mol. The molecule has 1 aromatic carbocycles. The molecule has 0 fully saturated rings. The molecule has 1 rings (SSSR count). The lowest BCUT2D eigenvalue weighted by atomic mass is 9.98. The molecule has 1 unspecified atom stereocenters. The molecule has 0 saturated heterocycles. The van der Waals surface area contributed by atoms with Crippen molar-refractivity contribution in [3.63, 3.8) is 0 Å². The smallest absolute Gasteiger partial charge is 0.324 e. The predicted molar refractivity (Wildman–Crippen MR) is 64.4 cm³/mol. The number of hydrogen-bond acceptors (Lipinski definition) is 3. The number of carboxylic acids is 1. The molecular formula is C10H12ClNO2S. The van der Waals surface area contributed by atoms with Crippen molar-refractivity contribution in [1.82, 2.24) is 0 Å². The fourth-order valence-electron chi connectivity index (χ4n) is 1.27. The van der Waals surface area contributed by atoms with Crippen LogP contribution in [0.5, 0.6) is 0 Å². The summed E-state index contributed by atoms with van der Waals surface area (Å²) < 4.78 is -1.06. The van der Waals surface area contributed by atoms with Crippen LogP contribution in [0.3, 0.4) is 0 Å². The molecule has 1 atom stereocenters. The number of hydrogen-bond donors (Lipinski definition) is 2. The Labute approximate surface area is 97.6 Å². The standard InChI is InChI=1S/C10H12ClNO2S/c1-10(15-2,9(13)14)6-4-3-5-7(11)8(6)12/h3-5H,12H2,1-2H3,(H,13,14). The minimum atomic E-state index is -1.06. The van der Waals surface area contributed by atoms with Gasteiger partial charge in [0.25, 0.3) is 0 Å². The van der Waals surface area contributed by atoms with Crippen molar-refractivity contribution < 1.29 is 9.90 Å². The van der Waals surface area contributed by atoms with Gasteiger partial charge in [-0.15, -0.1) is 11.8 Å². The second-order valence-electron chi connectivity index (χ2n) is 3.24. The number of aliphatic carboxylic acids is 1. The van der Waals surface area contributed by atoms with Crippen LogP contribution in [-0.2, 0) is 9.54 Å². The van der Waals surface area contributed by atoms with E-state index in [2.05, 4.69) is 0 Å². The van der Waals surface area contributed by atoms with Crippen LogP contribution >= 0.6 is 23.4 Å². The predicted octanol–water partition coefficient (Wildman–Crippen LogP) is 2.58. The Morgan fingerprint density at radius 3 is 2.67 bits per heavy atom. The van der Waals surface area contributed by atoms with E-state index in [0.29, 0.717) is 16.3 Å². The van der Waals surface area contributed by atoms with Crippen LogP contribution in [-0.4, -0.2) is 17.3 Å². The summed E-state index contributed by atoms with van der Waals surface area (Å²) in [6.07, 6.45) is 1.73. The number of halogens is 1. The first-order chi connectivity index (χ1) is 6.93. The highest BCUT2D eigenvalue weighted by molar-refractivity contribution is 8.00. The zero-order valence-electron chi connectivity index (χ0n) is 8.45. The number of thioether (sulfide) groups is 1. The van der Waals surface area contributed by atoms with Gasteiger partial charge < -0.3 is 10.8 Å². The van der Waals surface area contributed by atoms with Crippen LogP contribution in [0.15, 0.2) is 18.2 Å². The van der Waals surface area contributed by atoms with E-state index in [-0.39, 0.29) is 0 Å². The molecule has 3 nitrogen and oxygen atoms in total. The molecule has 15 heavy (non-hydrogen) atoms. The lowest BCUT2D eigenvalue weighted by Gasteiger charge is -2.24. The lowest BCUT2D eigenvalue weighted by Crippen LogP contribution is -2.29. The van der Waals surface area contributed by atoms with E-state index in [9.17, 15) is 9.90 Å². The van der Waals surface area contributed by atoms with E-state index < -0.39 is 10.7 Å². The third-order valence-corrected chi connectivity index (χ3v) is 3.92. The molecule has 0 saturated carbocycles. The highest BCUT2D eigenvalue weighted by Gasteiger charge is 2.36. The van der Waals surface area contributed by atoms with Crippen LogP contribution < -0.4 is 5.73 Å². The van der Waals surface area contributed by atoms with Gasteiger partial charge in [0, 0.05) is 5.56 Å². The molecule has 0 amide bonds. The average Bonchev–Trinajstić information content (AvgIpc) is 2.20. The Morgan fingerprint density at radius 1 is 1.60 bits per heavy atom. The molecule has 3 N–H and O–H groups in total. The van der Waals surface area contributed by atoms with Gasteiger partial charge in [0.1, 0.15) is 4.75 Å². The fraction of sp³-hybridized carbons (Fsp3) is 0.300. The number of anilines is 1. The van der Waals surface area contributed by atoms with E-state index in [1.807, 2.05) is 0 Å². The molecule has 82 valence electrons. The minimum absolute atomic E-state index is 0.332. The van der Waals surface area contributed by atoms with Gasteiger partial charge in [0.2, 0.25) is 0 Å². The van der Waals surface area contributed by atoms with Gasteiger partial charge in [0.15, 0.2) is 0 Å². The second kappa shape index (κ2) is 4.33. The van der Waals surface area contributed by atoms with Crippen molar-refractivity contribution in [1.29, 1.82) is 0 Å². The quantitative estimate of drug-likeness (QED) is 0.804. The third kappa shape index (κ3) is 2.06. The van der Waals surface area contributed by atoms with Crippen molar-refractivity contribution in [3.8, 4) is 0 Å². The summed E-state index contributed by atoms with van der Waals surface area (Å²) in [5.74, 6) is -0.927. The molecule has 0 aliphatic heterocycles. The van der Waals surface area contributed by atoms with Crippen molar-refractivity contribution >= 4 is 35.0 Å². The Bertz CT molecular complexity index is 397. The maximum Gasteiger partial charge on any atom is 0.324 e. The summed E-state index contributed by atoms with van der Waals surface area (Å²) in [6.45, 7) is 1.61. The van der Waals surface area contributed by atoms with Gasteiger partial charge in [-0.3, -0.25) is 4.79 Å². The first kappa shape index (κ1) is 12.2. The van der Waals surface area contributed by atoms with Crippen LogP contribution in [0.25, 0.3) is 0 Å². The Kier molecular flexibility index (Phi) is 3.52. The van der Waals surface area contributed by atoms with Crippen molar-refractivity contribution in [2.75, 3.05) is 12.0 Å². The summed E-state index contributed by atoms with van der Waals surface area (Å²) in [6, 6.07) is 5.03. The number of nitrogen functional groups attached to an aromatic ring is 1. The molecule has 1 aromatic rings. The first-order valence-electron chi connectivity index (χ1n) is 4.26. The molecule has 0 aromatic heterocycles. The lowest BCUT2D eigenvalue weighted by molar-refractivity contribution is -0.139. The van der Waals surface area contributed by atoms with Crippen LogP contribution in [0.4, 0.5) is 5.69 Å². The monoisotopic (exact) mass is 245 g/mol. The third-order valence-electron chi connectivity index (χ3n) is 2.38. The summed E-state index contributed by atoms with van der Waals surface area (Å²) in [5.41, 5.74) is 6.64. The summed E-state index contributed by atoms with van der Waals surface area (Å²) in [5, 5.41) is 9.57. The van der Waals surface area contributed by atoms with E-state index in [1.54, 1.807) is 31.4 Å². The van der Waals surface area contributed by atoms with Crippen molar-refractivity contribution in [2.45, 2.75) is 11.7 Å². The van der Waals surface area contributed by atoms with Crippen LogP contribution in [0, 0.1) is 0 Å². The number of carbonyl (C=O) groups is 1. The zero-order chi connectivity index (χ0) is 11.6. The molecule has 5 heteroatoms. The molecule has 0 heterocycles. The van der Waals surface area contributed by atoms with Gasteiger partial charge in [-0.1, -0.05) is 23.7 Å². The highest BCUT2D eigenvalue weighted by atomic mass is 35.5. The average molecular weight is 246 g/mol. The SMILES string of the molecule is CSC(C)(C(=O)O)c1cccc(Cl)c1N.